The van der Waals surface area contributed by atoms with Crippen LogP contribution in [0.3, 0.4) is 0 Å². The summed E-state index contributed by atoms with van der Waals surface area (Å²) in [4.78, 5) is 23.1. The van der Waals surface area contributed by atoms with E-state index in [4.69, 9.17) is 0 Å². The summed E-state index contributed by atoms with van der Waals surface area (Å²) in [6.45, 7) is 3.96. The second kappa shape index (κ2) is 8.52. The molecule has 3 rings (SSSR count). The number of hydrogen-bond acceptors (Lipinski definition) is 5. The van der Waals surface area contributed by atoms with Gasteiger partial charge >= 0.3 is 0 Å². The van der Waals surface area contributed by atoms with Crippen LogP contribution in [0.15, 0.2) is 54.6 Å². The first-order chi connectivity index (χ1) is 13.4. The van der Waals surface area contributed by atoms with Crippen molar-refractivity contribution in [2.45, 2.75) is 20.3 Å². The number of anilines is 4. The number of nitrogens with one attached hydrogen (secondary N) is 2. The molecular weight excluding hydrogens is 350 g/mol. The molecule has 0 aliphatic rings. The van der Waals surface area contributed by atoms with Crippen molar-refractivity contribution in [3.05, 3.63) is 71.5 Å². The summed E-state index contributed by atoms with van der Waals surface area (Å²) in [5.74, 6) is 2.15. The van der Waals surface area contributed by atoms with Crippen LogP contribution in [0.25, 0.3) is 0 Å². The van der Waals surface area contributed by atoms with E-state index in [1.54, 1.807) is 0 Å². The van der Waals surface area contributed by atoms with Crippen LogP contribution in [0.4, 0.5) is 23.0 Å². The Morgan fingerprint density at radius 3 is 2.21 bits per heavy atom. The third kappa shape index (κ3) is 4.85. The average Bonchev–Trinajstić information content (AvgIpc) is 2.69. The minimum Gasteiger partial charge on any atom is -0.363 e. The maximum atomic E-state index is 12.4. The fourth-order valence-corrected chi connectivity index (χ4v) is 2.72. The van der Waals surface area contributed by atoms with E-state index in [0.717, 1.165) is 29.4 Å². The highest BCUT2D eigenvalue weighted by Crippen LogP contribution is 2.21. The Labute approximate surface area is 165 Å². The van der Waals surface area contributed by atoms with Crippen LogP contribution >= 0.6 is 0 Å². The van der Waals surface area contributed by atoms with Gasteiger partial charge in [0.05, 0.1) is 0 Å². The fraction of sp³-hybridized carbons (Fsp3) is 0.227. The number of hydrogen-bond donors (Lipinski definition) is 2. The first-order valence-electron chi connectivity index (χ1n) is 9.25. The van der Waals surface area contributed by atoms with E-state index in [2.05, 4.69) is 27.5 Å². The van der Waals surface area contributed by atoms with E-state index in [0.29, 0.717) is 11.4 Å². The second-order valence-electron chi connectivity index (χ2n) is 6.76. The summed E-state index contributed by atoms with van der Waals surface area (Å²) in [7, 11) is 3.89. The molecule has 0 saturated heterocycles. The lowest BCUT2D eigenvalue weighted by Crippen LogP contribution is -2.12. The standard InChI is InChI=1S/C22H25N5O/c1-5-16-6-8-17(9-7-16)22(28)26-19-12-10-18(11-13-19)25-20-14-21(27(3)4)24-15(2)23-20/h6-14H,5H2,1-4H3,(H,26,28)(H,23,24,25). The highest BCUT2D eigenvalue weighted by Gasteiger charge is 2.07. The molecule has 6 nitrogen and oxygen atoms in total. The molecule has 0 radical (unpaired) electrons. The largest absolute Gasteiger partial charge is 0.363 e. The molecule has 0 aliphatic carbocycles. The van der Waals surface area contributed by atoms with Crippen LogP contribution in [0.5, 0.6) is 0 Å². The van der Waals surface area contributed by atoms with Crippen LogP contribution in [-0.2, 0) is 6.42 Å². The monoisotopic (exact) mass is 375 g/mol. The number of amides is 1. The topological polar surface area (TPSA) is 70.2 Å². The molecule has 1 heterocycles. The lowest BCUT2D eigenvalue weighted by molar-refractivity contribution is 0.102. The Morgan fingerprint density at radius 1 is 0.964 bits per heavy atom. The van der Waals surface area contributed by atoms with E-state index in [9.17, 15) is 4.79 Å². The SMILES string of the molecule is CCc1ccc(C(=O)Nc2ccc(Nc3cc(N(C)C)nc(C)n3)cc2)cc1. The van der Waals surface area contributed by atoms with Gasteiger partial charge in [-0.3, -0.25) is 4.79 Å². The number of carbonyl (C=O) groups is 1. The Bertz CT molecular complexity index is 950. The van der Waals surface area contributed by atoms with E-state index in [1.807, 2.05) is 80.5 Å². The summed E-state index contributed by atoms with van der Waals surface area (Å²) in [6.07, 6.45) is 0.957. The van der Waals surface area contributed by atoms with Gasteiger partial charge in [0.25, 0.3) is 5.91 Å². The highest BCUT2D eigenvalue weighted by atomic mass is 16.1. The van der Waals surface area contributed by atoms with Crippen LogP contribution in [0, 0.1) is 6.92 Å². The number of rotatable bonds is 6. The van der Waals surface area contributed by atoms with E-state index in [-0.39, 0.29) is 5.91 Å². The Morgan fingerprint density at radius 2 is 1.61 bits per heavy atom. The fourth-order valence-electron chi connectivity index (χ4n) is 2.72. The molecule has 1 amide bonds. The first-order valence-corrected chi connectivity index (χ1v) is 9.25. The predicted octanol–water partition coefficient (Wildman–Crippen LogP) is 4.41. The Hall–Kier alpha value is -3.41. The molecule has 28 heavy (non-hydrogen) atoms. The molecule has 2 N–H and O–H groups in total. The van der Waals surface area contributed by atoms with Crippen molar-refractivity contribution in [1.82, 2.24) is 9.97 Å². The third-order valence-electron chi connectivity index (χ3n) is 4.32. The number of nitrogens with zero attached hydrogens (tertiary/aromatic N) is 3. The first kappa shape index (κ1) is 19.4. The number of aromatic nitrogens is 2. The van der Waals surface area contributed by atoms with Gasteiger partial charge in [0.1, 0.15) is 17.5 Å². The lowest BCUT2D eigenvalue weighted by Gasteiger charge is -2.14. The summed E-state index contributed by atoms with van der Waals surface area (Å²) in [6, 6.07) is 17.1. The van der Waals surface area contributed by atoms with Crippen molar-refractivity contribution in [2.24, 2.45) is 0 Å². The summed E-state index contributed by atoms with van der Waals surface area (Å²) in [5.41, 5.74) is 3.48. The molecule has 0 saturated carbocycles. The van der Waals surface area contributed by atoms with Gasteiger partial charge in [-0.05, 0) is 55.3 Å². The summed E-state index contributed by atoms with van der Waals surface area (Å²) in [5, 5.41) is 6.20. The predicted molar refractivity (Wildman–Crippen MR) is 115 cm³/mol. The molecule has 144 valence electrons. The molecule has 0 atom stereocenters. The zero-order valence-electron chi connectivity index (χ0n) is 16.7. The summed E-state index contributed by atoms with van der Waals surface area (Å²) >= 11 is 0. The molecule has 1 aromatic heterocycles. The molecule has 0 fully saturated rings. The van der Waals surface area contributed by atoms with Crippen molar-refractivity contribution >= 4 is 28.9 Å². The molecule has 2 aromatic carbocycles. The van der Waals surface area contributed by atoms with Crippen molar-refractivity contribution < 1.29 is 4.79 Å². The van der Waals surface area contributed by atoms with Crippen molar-refractivity contribution in [2.75, 3.05) is 29.6 Å². The molecule has 0 unspecified atom stereocenters. The van der Waals surface area contributed by atoms with Crippen LogP contribution in [0.2, 0.25) is 0 Å². The zero-order chi connectivity index (χ0) is 20.1. The molecular formula is C22H25N5O. The number of benzene rings is 2. The van der Waals surface area contributed by atoms with Crippen molar-refractivity contribution in [3.63, 3.8) is 0 Å². The maximum absolute atomic E-state index is 12.4. The summed E-state index contributed by atoms with van der Waals surface area (Å²) < 4.78 is 0. The van der Waals surface area contributed by atoms with Gasteiger partial charge < -0.3 is 15.5 Å². The van der Waals surface area contributed by atoms with Crippen molar-refractivity contribution in [3.8, 4) is 0 Å². The molecule has 0 bridgehead atoms. The van der Waals surface area contributed by atoms with Gasteiger partial charge in [-0.1, -0.05) is 19.1 Å². The molecule has 0 aliphatic heterocycles. The smallest absolute Gasteiger partial charge is 0.255 e. The third-order valence-corrected chi connectivity index (χ3v) is 4.32. The zero-order valence-corrected chi connectivity index (χ0v) is 16.7. The quantitative estimate of drug-likeness (QED) is 0.668. The van der Waals surface area contributed by atoms with Gasteiger partial charge in [0.2, 0.25) is 0 Å². The van der Waals surface area contributed by atoms with Crippen LogP contribution < -0.4 is 15.5 Å². The minimum atomic E-state index is -0.120. The van der Waals surface area contributed by atoms with Gasteiger partial charge in [-0.15, -0.1) is 0 Å². The van der Waals surface area contributed by atoms with Crippen LogP contribution in [0.1, 0.15) is 28.7 Å². The lowest BCUT2D eigenvalue weighted by atomic mass is 10.1. The Kier molecular flexibility index (Phi) is 5.89. The normalized spacial score (nSPS) is 10.4. The highest BCUT2D eigenvalue weighted by molar-refractivity contribution is 6.04. The van der Waals surface area contributed by atoms with E-state index < -0.39 is 0 Å². The van der Waals surface area contributed by atoms with Gasteiger partial charge in [-0.2, -0.15) is 0 Å². The average molecular weight is 375 g/mol. The van der Waals surface area contributed by atoms with Crippen molar-refractivity contribution in [1.29, 1.82) is 0 Å². The Balaban J connectivity index is 1.67. The molecule has 0 spiro atoms. The van der Waals surface area contributed by atoms with E-state index in [1.165, 1.54) is 5.56 Å². The van der Waals surface area contributed by atoms with Gasteiger partial charge in [0, 0.05) is 37.1 Å². The number of aryl methyl sites for hydroxylation is 2. The second-order valence-corrected chi connectivity index (χ2v) is 6.76. The number of carbonyl (C=O) groups excluding carboxylic acids is 1. The molecule has 3 aromatic rings. The van der Waals surface area contributed by atoms with E-state index >= 15 is 0 Å². The van der Waals surface area contributed by atoms with Crippen LogP contribution in [-0.4, -0.2) is 30.0 Å². The van der Waals surface area contributed by atoms with Gasteiger partial charge in [0.15, 0.2) is 0 Å². The minimum absolute atomic E-state index is 0.120. The maximum Gasteiger partial charge on any atom is 0.255 e. The van der Waals surface area contributed by atoms with Gasteiger partial charge in [-0.25, -0.2) is 9.97 Å². The molecule has 6 heteroatoms.